The fraction of sp³-hybridized carbons (Fsp3) is 0.158. The monoisotopic (exact) mass is 337 g/mol. The molecular weight excluding hydrogens is 322 g/mol. The number of para-hydroxylation sites is 1. The van der Waals surface area contributed by atoms with Crippen LogP contribution in [0, 0.1) is 24.2 Å². The molecule has 0 bridgehead atoms. The number of nitrogens with two attached hydrogens (primary N) is 1. The van der Waals surface area contributed by atoms with E-state index in [4.69, 9.17) is 17.3 Å². The van der Waals surface area contributed by atoms with E-state index in [1.165, 1.54) is 0 Å². The molecule has 0 fully saturated rings. The molecule has 0 spiro atoms. The van der Waals surface area contributed by atoms with Crippen LogP contribution in [-0.4, -0.2) is 12.3 Å². The summed E-state index contributed by atoms with van der Waals surface area (Å²) in [6.07, 6.45) is 0. The topological polar surface area (TPSA) is 70.1 Å². The van der Waals surface area contributed by atoms with E-state index in [0.29, 0.717) is 28.5 Å². The molecule has 5 heteroatoms. The molecule has 2 aromatic carbocycles. The summed E-state index contributed by atoms with van der Waals surface area (Å²) < 4.78 is 0. The van der Waals surface area contributed by atoms with E-state index >= 15 is 0 Å². The fourth-order valence-electron chi connectivity index (χ4n) is 2.96. The molecule has 1 aliphatic rings. The van der Waals surface area contributed by atoms with Crippen LogP contribution >= 0.6 is 11.6 Å². The predicted octanol–water partition coefficient (Wildman–Crippen LogP) is 3.66. The Morgan fingerprint density at radius 1 is 1.25 bits per heavy atom. The molecule has 0 amide bonds. The summed E-state index contributed by atoms with van der Waals surface area (Å²) in [5.74, 6) is -0.350. The average Bonchev–Trinajstić information content (AvgIpc) is 2.92. The highest BCUT2D eigenvalue weighted by Crippen LogP contribution is 2.33. The zero-order valence-electron chi connectivity index (χ0n) is 13.2. The Morgan fingerprint density at radius 2 is 1.92 bits per heavy atom. The van der Waals surface area contributed by atoms with Crippen molar-refractivity contribution in [3.8, 4) is 6.07 Å². The Bertz CT molecular complexity index is 865. The van der Waals surface area contributed by atoms with Crippen LogP contribution in [-0.2, 0) is 0 Å². The normalized spacial score (nSPS) is 17.0. The van der Waals surface area contributed by atoms with Crippen LogP contribution in [0.1, 0.15) is 15.9 Å². The average molecular weight is 338 g/mol. The third-order valence-corrected chi connectivity index (χ3v) is 4.50. The second kappa shape index (κ2) is 6.38. The lowest BCUT2D eigenvalue weighted by atomic mass is 9.93. The molecular formula is C19H16ClN3O. The maximum atomic E-state index is 12.8. The molecule has 0 saturated heterocycles. The van der Waals surface area contributed by atoms with Crippen molar-refractivity contribution in [3.05, 3.63) is 76.1 Å². The number of anilines is 1. The van der Waals surface area contributed by atoms with Crippen molar-refractivity contribution in [2.45, 2.75) is 6.92 Å². The van der Waals surface area contributed by atoms with Crippen LogP contribution in [0.5, 0.6) is 0 Å². The summed E-state index contributed by atoms with van der Waals surface area (Å²) in [5.41, 5.74) is 8.97. The Balaban J connectivity index is 1.97. The van der Waals surface area contributed by atoms with Gasteiger partial charge in [-0.05, 0) is 42.8 Å². The molecule has 0 aliphatic carbocycles. The van der Waals surface area contributed by atoms with Gasteiger partial charge in [-0.1, -0.05) is 29.8 Å². The van der Waals surface area contributed by atoms with Crippen LogP contribution in [0.3, 0.4) is 0 Å². The molecule has 120 valence electrons. The summed E-state index contributed by atoms with van der Waals surface area (Å²) in [4.78, 5) is 14.7. The minimum atomic E-state index is -0.573. The molecule has 2 N–H and O–H groups in total. The summed E-state index contributed by atoms with van der Waals surface area (Å²) in [6.45, 7) is 2.34. The quantitative estimate of drug-likeness (QED) is 0.868. The number of hydrogen-bond acceptors (Lipinski definition) is 4. The van der Waals surface area contributed by atoms with Gasteiger partial charge in [0.1, 0.15) is 5.82 Å². The smallest absolute Gasteiger partial charge is 0.172 e. The third-order valence-electron chi connectivity index (χ3n) is 4.25. The first-order valence-corrected chi connectivity index (χ1v) is 7.93. The van der Waals surface area contributed by atoms with Crippen molar-refractivity contribution in [2.24, 2.45) is 11.7 Å². The molecule has 3 rings (SSSR count). The van der Waals surface area contributed by atoms with Gasteiger partial charge in [0.2, 0.25) is 0 Å². The summed E-state index contributed by atoms with van der Waals surface area (Å²) >= 11 is 5.87. The number of ketones is 1. The van der Waals surface area contributed by atoms with Gasteiger partial charge in [-0.25, -0.2) is 0 Å². The SMILES string of the molecule is Cc1ccccc1N1CC(C(=O)c2ccc(Cl)cc2)C(C#N)=C1N. The van der Waals surface area contributed by atoms with Gasteiger partial charge in [-0.3, -0.25) is 4.79 Å². The van der Waals surface area contributed by atoms with Gasteiger partial charge in [0, 0.05) is 22.8 Å². The van der Waals surface area contributed by atoms with Crippen molar-refractivity contribution in [1.29, 1.82) is 5.26 Å². The van der Waals surface area contributed by atoms with Crippen molar-refractivity contribution in [1.82, 2.24) is 0 Å². The van der Waals surface area contributed by atoms with Crippen molar-refractivity contribution in [2.75, 3.05) is 11.4 Å². The Labute approximate surface area is 145 Å². The third kappa shape index (κ3) is 2.75. The minimum absolute atomic E-state index is 0.123. The molecule has 1 atom stereocenters. The highest BCUT2D eigenvalue weighted by molar-refractivity contribution is 6.30. The lowest BCUT2D eigenvalue weighted by molar-refractivity contribution is 0.0948. The Hall–Kier alpha value is -2.77. The molecule has 0 saturated carbocycles. The van der Waals surface area contributed by atoms with Gasteiger partial charge in [0.15, 0.2) is 5.78 Å². The number of Topliss-reactive ketones (excluding diaryl/α,β-unsaturated/α-hetero) is 1. The summed E-state index contributed by atoms with van der Waals surface area (Å²) in [6, 6.07) is 16.6. The number of nitriles is 1. The van der Waals surface area contributed by atoms with Crippen LogP contribution in [0.15, 0.2) is 59.9 Å². The summed E-state index contributed by atoms with van der Waals surface area (Å²) in [7, 11) is 0. The van der Waals surface area contributed by atoms with Crippen LogP contribution in [0.25, 0.3) is 0 Å². The number of carbonyl (C=O) groups is 1. The molecule has 1 heterocycles. The lowest BCUT2D eigenvalue weighted by Crippen LogP contribution is -2.28. The Kier molecular flexibility index (Phi) is 4.28. The van der Waals surface area contributed by atoms with Crippen molar-refractivity contribution >= 4 is 23.1 Å². The molecule has 4 nitrogen and oxygen atoms in total. The van der Waals surface area contributed by atoms with E-state index in [1.807, 2.05) is 36.1 Å². The van der Waals surface area contributed by atoms with Crippen LogP contribution < -0.4 is 10.6 Å². The number of aryl methyl sites for hydroxylation is 1. The van der Waals surface area contributed by atoms with E-state index in [9.17, 15) is 10.1 Å². The number of nitrogens with zero attached hydrogens (tertiary/aromatic N) is 2. The summed E-state index contributed by atoms with van der Waals surface area (Å²) in [5, 5.41) is 10.1. The fourth-order valence-corrected chi connectivity index (χ4v) is 3.08. The van der Waals surface area contributed by atoms with Gasteiger partial charge in [-0.2, -0.15) is 5.26 Å². The van der Waals surface area contributed by atoms with Gasteiger partial charge < -0.3 is 10.6 Å². The zero-order valence-corrected chi connectivity index (χ0v) is 13.9. The van der Waals surface area contributed by atoms with E-state index in [0.717, 1.165) is 11.3 Å². The Morgan fingerprint density at radius 3 is 2.54 bits per heavy atom. The highest BCUT2D eigenvalue weighted by atomic mass is 35.5. The maximum absolute atomic E-state index is 12.8. The first-order valence-electron chi connectivity index (χ1n) is 7.55. The lowest BCUT2D eigenvalue weighted by Gasteiger charge is -2.22. The minimum Gasteiger partial charge on any atom is -0.384 e. The van der Waals surface area contributed by atoms with E-state index in [-0.39, 0.29) is 5.78 Å². The van der Waals surface area contributed by atoms with Gasteiger partial charge in [-0.15, -0.1) is 0 Å². The molecule has 0 aromatic heterocycles. The van der Waals surface area contributed by atoms with E-state index in [2.05, 4.69) is 6.07 Å². The number of hydrogen-bond donors (Lipinski definition) is 1. The maximum Gasteiger partial charge on any atom is 0.172 e. The van der Waals surface area contributed by atoms with Gasteiger partial charge >= 0.3 is 0 Å². The second-order valence-corrected chi connectivity index (χ2v) is 6.17. The number of halogens is 1. The molecule has 2 aromatic rings. The van der Waals surface area contributed by atoms with E-state index < -0.39 is 5.92 Å². The number of benzene rings is 2. The zero-order chi connectivity index (χ0) is 17.3. The van der Waals surface area contributed by atoms with Crippen molar-refractivity contribution in [3.63, 3.8) is 0 Å². The standard InChI is InChI=1S/C19H16ClN3O/c1-12-4-2-3-5-17(12)23-11-16(15(10-21)19(23)22)18(24)13-6-8-14(20)9-7-13/h2-9,16H,11,22H2,1H3. The van der Waals surface area contributed by atoms with Crippen LogP contribution in [0.2, 0.25) is 5.02 Å². The molecule has 0 radical (unpaired) electrons. The number of rotatable bonds is 3. The van der Waals surface area contributed by atoms with Gasteiger partial charge in [0.25, 0.3) is 0 Å². The van der Waals surface area contributed by atoms with Crippen molar-refractivity contribution < 1.29 is 4.79 Å². The first kappa shape index (κ1) is 16.1. The number of carbonyl (C=O) groups excluding carboxylic acids is 1. The van der Waals surface area contributed by atoms with Crippen LogP contribution in [0.4, 0.5) is 5.69 Å². The predicted molar refractivity (Wildman–Crippen MR) is 94.6 cm³/mol. The molecule has 1 aliphatic heterocycles. The molecule has 24 heavy (non-hydrogen) atoms. The second-order valence-electron chi connectivity index (χ2n) is 5.73. The molecule has 1 unspecified atom stereocenters. The first-order chi connectivity index (χ1) is 11.5. The van der Waals surface area contributed by atoms with Gasteiger partial charge in [0.05, 0.1) is 17.6 Å². The highest BCUT2D eigenvalue weighted by Gasteiger charge is 2.36. The van der Waals surface area contributed by atoms with E-state index in [1.54, 1.807) is 24.3 Å². The largest absolute Gasteiger partial charge is 0.384 e.